The van der Waals surface area contributed by atoms with Gasteiger partial charge in [0.25, 0.3) is 0 Å². The molecule has 0 fully saturated rings. The van der Waals surface area contributed by atoms with Gasteiger partial charge in [-0.1, -0.05) is 29.3 Å². The largest absolute Gasteiger partial charge is 0.273 e. The van der Waals surface area contributed by atoms with E-state index in [4.69, 9.17) is 0 Å². The van der Waals surface area contributed by atoms with Crippen LogP contribution in [-0.2, 0) is 13.5 Å². The third kappa shape index (κ3) is 3.14. The van der Waals surface area contributed by atoms with Crippen molar-refractivity contribution in [1.29, 1.82) is 0 Å². The molecule has 2 nitrogen and oxygen atoms in total. The van der Waals surface area contributed by atoms with E-state index in [1.165, 1.54) is 18.5 Å². The van der Waals surface area contributed by atoms with E-state index in [2.05, 4.69) is 34.0 Å². The molecule has 1 aromatic heterocycles. The molecule has 0 saturated carbocycles. The molecule has 0 aliphatic heterocycles. The number of nitrogens with zero attached hydrogens (tertiary/aromatic N) is 2. The molecule has 3 heteroatoms. The molecule has 0 saturated heterocycles. The quantitative estimate of drug-likeness (QED) is 0.729. The van der Waals surface area contributed by atoms with Crippen LogP contribution in [0.5, 0.6) is 0 Å². The molecule has 0 bridgehead atoms. The molecule has 1 atom stereocenters. The number of hydrogen-bond donors (Lipinski definition) is 0. The summed E-state index contributed by atoms with van der Waals surface area (Å²) in [6.07, 6.45) is 5.51. The van der Waals surface area contributed by atoms with Crippen LogP contribution in [0.1, 0.15) is 25.5 Å². The molecule has 13 heavy (non-hydrogen) atoms. The van der Waals surface area contributed by atoms with Gasteiger partial charge in [-0.15, -0.1) is 0 Å². The lowest BCUT2D eigenvalue weighted by atomic mass is 10.0. The van der Waals surface area contributed by atoms with Crippen LogP contribution in [0.4, 0.5) is 0 Å². The molecule has 0 aliphatic carbocycles. The SMILES string of the molecule is CCC(CBr)CCc1ccnn1C. The van der Waals surface area contributed by atoms with Crippen molar-refractivity contribution in [3.63, 3.8) is 0 Å². The predicted molar refractivity (Wildman–Crippen MR) is 59.1 cm³/mol. The summed E-state index contributed by atoms with van der Waals surface area (Å²) in [5.74, 6) is 0.801. The number of alkyl halides is 1. The maximum Gasteiger partial charge on any atom is 0.0492 e. The van der Waals surface area contributed by atoms with Crippen LogP contribution in [0.3, 0.4) is 0 Å². The minimum atomic E-state index is 0.801. The standard InChI is InChI=1S/C10H17BrN2/c1-3-9(8-11)4-5-10-6-7-12-13(10)2/h6-7,9H,3-5,8H2,1-2H3. The van der Waals surface area contributed by atoms with Crippen LogP contribution in [-0.4, -0.2) is 15.1 Å². The summed E-state index contributed by atoms with van der Waals surface area (Å²) in [6.45, 7) is 2.25. The van der Waals surface area contributed by atoms with Crippen LogP contribution in [0.15, 0.2) is 12.3 Å². The Balaban J connectivity index is 2.38. The molecule has 1 unspecified atom stereocenters. The van der Waals surface area contributed by atoms with Gasteiger partial charge in [-0.25, -0.2) is 0 Å². The van der Waals surface area contributed by atoms with Crippen molar-refractivity contribution < 1.29 is 0 Å². The maximum atomic E-state index is 4.15. The van der Waals surface area contributed by atoms with E-state index in [-0.39, 0.29) is 0 Å². The van der Waals surface area contributed by atoms with Gasteiger partial charge in [0.15, 0.2) is 0 Å². The number of aromatic nitrogens is 2. The van der Waals surface area contributed by atoms with E-state index in [0.29, 0.717) is 0 Å². The Hall–Kier alpha value is -0.310. The average Bonchev–Trinajstić information content (AvgIpc) is 2.54. The van der Waals surface area contributed by atoms with Crippen molar-refractivity contribution in [3.8, 4) is 0 Å². The Morgan fingerprint density at radius 3 is 2.85 bits per heavy atom. The Bertz CT molecular complexity index is 241. The van der Waals surface area contributed by atoms with Gasteiger partial charge >= 0.3 is 0 Å². The first kappa shape index (κ1) is 10.8. The lowest BCUT2D eigenvalue weighted by molar-refractivity contribution is 0.516. The summed E-state index contributed by atoms with van der Waals surface area (Å²) >= 11 is 3.54. The molecule has 74 valence electrons. The first-order chi connectivity index (χ1) is 6.27. The van der Waals surface area contributed by atoms with Gasteiger partial charge in [0.1, 0.15) is 0 Å². The zero-order valence-electron chi connectivity index (χ0n) is 8.33. The second-order valence-corrected chi connectivity index (χ2v) is 4.06. The van der Waals surface area contributed by atoms with Crippen molar-refractivity contribution in [2.45, 2.75) is 26.2 Å². The van der Waals surface area contributed by atoms with Gasteiger partial charge in [0.2, 0.25) is 0 Å². The summed E-state index contributed by atoms with van der Waals surface area (Å²) in [5, 5.41) is 5.26. The molecule has 1 rings (SSSR count). The van der Waals surface area contributed by atoms with Crippen LogP contribution in [0, 0.1) is 5.92 Å². The fourth-order valence-electron chi connectivity index (χ4n) is 1.39. The molecular formula is C10H17BrN2. The molecule has 1 heterocycles. The normalized spacial score (nSPS) is 13.2. The summed E-state index contributed by atoms with van der Waals surface area (Å²) in [7, 11) is 2.00. The lowest BCUT2D eigenvalue weighted by Gasteiger charge is -2.10. The van der Waals surface area contributed by atoms with E-state index in [0.717, 1.165) is 17.7 Å². The zero-order chi connectivity index (χ0) is 9.68. The van der Waals surface area contributed by atoms with Crippen molar-refractivity contribution in [2.75, 3.05) is 5.33 Å². The van der Waals surface area contributed by atoms with E-state index in [1.54, 1.807) is 0 Å². The highest BCUT2D eigenvalue weighted by Crippen LogP contribution is 2.14. The van der Waals surface area contributed by atoms with Gasteiger partial charge in [0, 0.05) is 24.3 Å². The van der Waals surface area contributed by atoms with Crippen molar-refractivity contribution in [3.05, 3.63) is 18.0 Å². The molecule has 1 aromatic rings. The number of halogens is 1. The van der Waals surface area contributed by atoms with Crippen LogP contribution >= 0.6 is 15.9 Å². The van der Waals surface area contributed by atoms with Crippen molar-refractivity contribution in [1.82, 2.24) is 9.78 Å². The third-order valence-corrected chi connectivity index (χ3v) is 3.44. The van der Waals surface area contributed by atoms with Crippen LogP contribution in [0.2, 0.25) is 0 Å². The summed E-state index contributed by atoms with van der Waals surface area (Å²) in [5.41, 5.74) is 1.33. The summed E-state index contributed by atoms with van der Waals surface area (Å²) < 4.78 is 1.96. The summed E-state index contributed by atoms with van der Waals surface area (Å²) in [6, 6.07) is 2.10. The third-order valence-electron chi connectivity index (χ3n) is 2.53. The lowest BCUT2D eigenvalue weighted by Crippen LogP contribution is -2.05. The topological polar surface area (TPSA) is 17.8 Å². The van der Waals surface area contributed by atoms with E-state index >= 15 is 0 Å². The number of hydrogen-bond acceptors (Lipinski definition) is 1. The molecule has 0 amide bonds. The molecular weight excluding hydrogens is 228 g/mol. The van der Waals surface area contributed by atoms with E-state index in [1.807, 2.05) is 17.9 Å². The van der Waals surface area contributed by atoms with Gasteiger partial charge < -0.3 is 0 Å². The highest BCUT2D eigenvalue weighted by molar-refractivity contribution is 9.09. The minimum Gasteiger partial charge on any atom is -0.273 e. The molecule has 0 radical (unpaired) electrons. The van der Waals surface area contributed by atoms with Crippen LogP contribution < -0.4 is 0 Å². The van der Waals surface area contributed by atoms with Gasteiger partial charge in [-0.2, -0.15) is 5.10 Å². The number of rotatable bonds is 5. The fraction of sp³-hybridized carbons (Fsp3) is 0.700. The summed E-state index contributed by atoms with van der Waals surface area (Å²) in [4.78, 5) is 0. The molecule has 0 N–H and O–H groups in total. The predicted octanol–water partition coefficient (Wildman–Crippen LogP) is 2.77. The first-order valence-corrected chi connectivity index (χ1v) is 5.93. The molecule has 0 aliphatic rings. The maximum absolute atomic E-state index is 4.15. The fourth-order valence-corrected chi connectivity index (χ4v) is 2.17. The monoisotopic (exact) mass is 244 g/mol. The highest BCUT2D eigenvalue weighted by Gasteiger charge is 2.06. The second-order valence-electron chi connectivity index (χ2n) is 3.41. The minimum absolute atomic E-state index is 0.801. The van der Waals surface area contributed by atoms with Gasteiger partial charge in [-0.3, -0.25) is 4.68 Å². The second kappa shape index (κ2) is 5.43. The average molecular weight is 245 g/mol. The van der Waals surface area contributed by atoms with Gasteiger partial charge in [-0.05, 0) is 24.8 Å². The first-order valence-electron chi connectivity index (χ1n) is 4.80. The van der Waals surface area contributed by atoms with Crippen molar-refractivity contribution in [2.24, 2.45) is 13.0 Å². The number of aryl methyl sites for hydroxylation is 2. The molecule has 0 spiro atoms. The van der Waals surface area contributed by atoms with Crippen molar-refractivity contribution >= 4 is 15.9 Å². The van der Waals surface area contributed by atoms with E-state index < -0.39 is 0 Å². The zero-order valence-corrected chi connectivity index (χ0v) is 9.92. The Kier molecular flexibility index (Phi) is 4.50. The smallest absolute Gasteiger partial charge is 0.0492 e. The molecule has 0 aromatic carbocycles. The highest BCUT2D eigenvalue weighted by atomic mass is 79.9. The van der Waals surface area contributed by atoms with Gasteiger partial charge in [0.05, 0.1) is 0 Å². The Morgan fingerprint density at radius 2 is 2.38 bits per heavy atom. The Morgan fingerprint density at radius 1 is 1.62 bits per heavy atom. The van der Waals surface area contributed by atoms with E-state index in [9.17, 15) is 0 Å². The Labute approximate surface area is 88.5 Å². The van der Waals surface area contributed by atoms with Crippen LogP contribution in [0.25, 0.3) is 0 Å².